The van der Waals surface area contributed by atoms with E-state index in [4.69, 9.17) is 23.1 Å². The molecule has 0 N–H and O–H groups in total. The van der Waals surface area contributed by atoms with E-state index in [0.29, 0.717) is 44.2 Å². The lowest BCUT2D eigenvalue weighted by Crippen LogP contribution is -2.64. The molecule has 4 aliphatic carbocycles. The van der Waals surface area contributed by atoms with E-state index in [-0.39, 0.29) is 40.5 Å². The summed E-state index contributed by atoms with van der Waals surface area (Å²) >= 11 is 0. The average Bonchev–Trinajstić information content (AvgIpc) is 3.09. The van der Waals surface area contributed by atoms with Crippen LogP contribution >= 0.6 is 0 Å². The highest BCUT2D eigenvalue weighted by molar-refractivity contribution is 7.86. The largest absolute Gasteiger partial charge is 0.349 e. The third kappa shape index (κ3) is 4.03. The Labute approximate surface area is 233 Å². The van der Waals surface area contributed by atoms with Crippen LogP contribution in [0.4, 0.5) is 0 Å². The Hall–Kier alpha value is -1.03. The molecule has 0 radical (unpaired) electrons. The second-order valence-electron chi connectivity index (χ2n) is 13.4. The molecule has 1 aromatic rings. The van der Waals surface area contributed by atoms with Gasteiger partial charge in [-0.1, -0.05) is 37.5 Å². The van der Waals surface area contributed by atoms with E-state index in [2.05, 4.69) is 6.92 Å². The van der Waals surface area contributed by atoms with Gasteiger partial charge in [-0.25, -0.2) is 0 Å². The molecule has 2 aliphatic heterocycles. The van der Waals surface area contributed by atoms with Gasteiger partial charge in [0.25, 0.3) is 10.1 Å². The highest BCUT2D eigenvalue weighted by atomic mass is 32.2. The summed E-state index contributed by atoms with van der Waals surface area (Å²) in [5.74, 6) is 1.24. The molecule has 2 saturated heterocycles. The van der Waals surface area contributed by atoms with Crippen LogP contribution in [0.25, 0.3) is 0 Å². The Balaban J connectivity index is 1.25. The van der Waals surface area contributed by atoms with Gasteiger partial charge in [-0.2, -0.15) is 8.42 Å². The number of hydrogen-bond acceptors (Lipinski definition) is 7. The van der Waals surface area contributed by atoms with Gasteiger partial charge < -0.3 is 18.9 Å². The van der Waals surface area contributed by atoms with Crippen molar-refractivity contribution in [1.82, 2.24) is 0 Å². The van der Waals surface area contributed by atoms with Crippen molar-refractivity contribution in [2.24, 2.45) is 40.4 Å². The first-order chi connectivity index (χ1) is 18.8. The first-order valence-electron chi connectivity index (χ1n) is 15.3. The average molecular weight is 561 g/mol. The highest BCUT2D eigenvalue weighted by Gasteiger charge is 2.74. The van der Waals surface area contributed by atoms with Gasteiger partial charge in [0.15, 0.2) is 12.1 Å². The van der Waals surface area contributed by atoms with Crippen LogP contribution in [-0.2, 0) is 33.2 Å². The molecule has 6 fully saturated rings. The summed E-state index contributed by atoms with van der Waals surface area (Å²) in [5, 5.41) is 0. The maximum Gasteiger partial charge on any atom is 0.296 e. The normalized spacial score (nSPS) is 45.7. The zero-order valence-electron chi connectivity index (χ0n) is 23.4. The first kappa shape index (κ1) is 26.8. The fourth-order valence-corrected chi connectivity index (χ4v) is 11.2. The molecular formula is C31H44O7S. The molecule has 7 atom stereocenters. The van der Waals surface area contributed by atoms with E-state index in [1.54, 1.807) is 12.1 Å². The topological polar surface area (TPSA) is 80.3 Å². The summed E-state index contributed by atoms with van der Waals surface area (Å²) < 4.78 is 58.5. The van der Waals surface area contributed by atoms with E-state index in [1.165, 1.54) is 25.7 Å². The van der Waals surface area contributed by atoms with Crippen molar-refractivity contribution in [3.8, 4) is 0 Å². The quantitative estimate of drug-likeness (QED) is 0.453. The number of aryl methyl sites for hydroxylation is 1. The predicted molar refractivity (Wildman–Crippen MR) is 144 cm³/mol. The molecule has 2 bridgehead atoms. The molecule has 216 valence electrons. The maximum absolute atomic E-state index is 13.3. The molecule has 1 aromatic carbocycles. The summed E-state index contributed by atoms with van der Waals surface area (Å²) in [6.07, 6.45) is 9.64. The second-order valence-corrected chi connectivity index (χ2v) is 15.0. The SMILES string of the molecule is Cc1ccc(S(=O)(=O)OC[C@@H]2CC3CCCC[C@]3(C)[C@H]3CC[C@]45C6OCCOC4(CC[C@H]5[C@H]23)OCCO6)cc1. The summed E-state index contributed by atoms with van der Waals surface area (Å²) in [7, 11) is -3.83. The van der Waals surface area contributed by atoms with Crippen molar-refractivity contribution in [3.63, 3.8) is 0 Å². The van der Waals surface area contributed by atoms with Gasteiger partial charge in [-0.05, 0) is 92.6 Å². The number of ether oxygens (including phenoxy) is 4. The van der Waals surface area contributed by atoms with Gasteiger partial charge >= 0.3 is 0 Å². The standard InChI is InChI=1S/C31H44O7S/c1-21-6-8-24(9-7-21)39(32,33)38-20-22-19-23-5-3-4-12-29(23,2)25-10-13-30-26(27(22)25)11-14-31(30)36-17-15-34-28(30)35-16-18-37-31/h6-9,22-23,25-28H,3-5,10-20H2,1-2H3/t22-,23?,25-,26-,27+,28?,29-,30-,31?/m0/s1. The maximum atomic E-state index is 13.3. The molecule has 7 nitrogen and oxygen atoms in total. The van der Waals surface area contributed by atoms with E-state index in [1.807, 2.05) is 19.1 Å². The van der Waals surface area contributed by atoms with Gasteiger partial charge in [0.1, 0.15) is 0 Å². The van der Waals surface area contributed by atoms with Crippen LogP contribution in [-0.4, -0.2) is 53.5 Å². The number of rotatable bonds is 4. The lowest BCUT2D eigenvalue weighted by atomic mass is 9.42. The molecule has 1 unspecified atom stereocenters. The van der Waals surface area contributed by atoms with Crippen molar-refractivity contribution in [3.05, 3.63) is 29.8 Å². The lowest BCUT2D eigenvalue weighted by Gasteiger charge is -2.64. The van der Waals surface area contributed by atoms with Crippen LogP contribution in [0.3, 0.4) is 0 Å². The van der Waals surface area contributed by atoms with E-state index in [0.717, 1.165) is 37.7 Å². The van der Waals surface area contributed by atoms with Crippen LogP contribution in [0.15, 0.2) is 29.2 Å². The minimum Gasteiger partial charge on any atom is -0.349 e. The first-order valence-corrected chi connectivity index (χ1v) is 16.7. The molecule has 4 saturated carbocycles. The van der Waals surface area contributed by atoms with Crippen LogP contribution in [0, 0.1) is 47.3 Å². The lowest BCUT2D eigenvalue weighted by molar-refractivity contribution is -0.322. The molecule has 6 aliphatic rings. The van der Waals surface area contributed by atoms with Crippen molar-refractivity contribution in [1.29, 1.82) is 0 Å². The fourth-order valence-electron chi connectivity index (χ4n) is 10.3. The summed E-state index contributed by atoms with van der Waals surface area (Å²) in [6.45, 7) is 6.79. The third-order valence-electron chi connectivity index (χ3n) is 11.9. The monoisotopic (exact) mass is 560 g/mol. The van der Waals surface area contributed by atoms with Crippen molar-refractivity contribution >= 4 is 10.1 Å². The van der Waals surface area contributed by atoms with Crippen molar-refractivity contribution in [2.45, 2.75) is 88.6 Å². The van der Waals surface area contributed by atoms with Crippen LogP contribution < -0.4 is 0 Å². The van der Waals surface area contributed by atoms with E-state index < -0.39 is 15.9 Å². The minimum atomic E-state index is -3.83. The molecule has 0 aromatic heterocycles. The Bertz CT molecular complexity index is 1160. The fraction of sp³-hybridized carbons (Fsp3) is 0.806. The summed E-state index contributed by atoms with van der Waals surface area (Å²) in [4.78, 5) is 0.237. The van der Waals surface area contributed by atoms with Gasteiger partial charge in [0, 0.05) is 6.42 Å². The van der Waals surface area contributed by atoms with E-state index in [9.17, 15) is 8.42 Å². The zero-order chi connectivity index (χ0) is 26.9. The molecule has 39 heavy (non-hydrogen) atoms. The number of fused-ring (bicyclic) bond motifs is 4. The Kier molecular flexibility index (Phi) is 6.72. The number of hydrogen-bond donors (Lipinski definition) is 0. The molecule has 2 heterocycles. The molecule has 1 spiro atoms. The smallest absolute Gasteiger partial charge is 0.296 e. The highest BCUT2D eigenvalue weighted by Crippen LogP contribution is 2.72. The van der Waals surface area contributed by atoms with Crippen LogP contribution in [0.5, 0.6) is 0 Å². The van der Waals surface area contributed by atoms with Gasteiger partial charge in [0.2, 0.25) is 0 Å². The second kappa shape index (κ2) is 9.77. The van der Waals surface area contributed by atoms with E-state index >= 15 is 0 Å². The van der Waals surface area contributed by atoms with Gasteiger partial charge in [0.05, 0.1) is 43.3 Å². The zero-order valence-corrected chi connectivity index (χ0v) is 24.3. The van der Waals surface area contributed by atoms with Gasteiger partial charge in [-0.3, -0.25) is 4.18 Å². The molecule has 7 rings (SSSR count). The number of benzene rings is 1. The summed E-state index contributed by atoms with van der Waals surface area (Å²) in [5.41, 5.74) is 0.945. The Morgan fingerprint density at radius 1 is 0.897 bits per heavy atom. The van der Waals surface area contributed by atoms with Crippen molar-refractivity contribution in [2.75, 3.05) is 33.0 Å². The Morgan fingerprint density at radius 3 is 2.36 bits per heavy atom. The predicted octanol–water partition coefficient (Wildman–Crippen LogP) is 5.46. The van der Waals surface area contributed by atoms with Crippen molar-refractivity contribution < 1.29 is 31.5 Å². The Morgan fingerprint density at radius 2 is 1.62 bits per heavy atom. The molecule has 0 amide bonds. The third-order valence-corrected chi connectivity index (χ3v) is 13.2. The summed E-state index contributed by atoms with van der Waals surface area (Å²) in [6, 6.07) is 6.97. The van der Waals surface area contributed by atoms with Crippen LogP contribution in [0.1, 0.15) is 70.3 Å². The minimum absolute atomic E-state index is 0.161. The molecular weight excluding hydrogens is 516 g/mol. The van der Waals surface area contributed by atoms with Crippen LogP contribution in [0.2, 0.25) is 0 Å². The van der Waals surface area contributed by atoms with Gasteiger partial charge in [-0.15, -0.1) is 0 Å². The molecule has 8 heteroatoms.